The zero-order chi connectivity index (χ0) is 16.1. The highest BCUT2D eigenvalue weighted by molar-refractivity contribution is 6.31. The summed E-state index contributed by atoms with van der Waals surface area (Å²) >= 11 is 5.97. The summed E-state index contributed by atoms with van der Waals surface area (Å²) in [5.41, 5.74) is 1.41. The van der Waals surface area contributed by atoms with Gasteiger partial charge < -0.3 is 9.84 Å². The Balaban J connectivity index is 2.06. The van der Waals surface area contributed by atoms with Gasteiger partial charge in [0, 0.05) is 11.5 Å². The quantitative estimate of drug-likeness (QED) is 0.828. The van der Waals surface area contributed by atoms with Gasteiger partial charge in [0.2, 0.25) is 0 Å². The van der Waals surface area contributed by atoms with Crippen molar-refractivity contribution in [2.24, 2.45) is 5.92 Å². The number of hydrogen-bond acceptors (Lipinski definition) is 2. The third kappa shape index (κ3) is 3.99. The Morgan fingerprint density at radius 2 is 1.82 bits per heavy atom. The Morgan fingerprint density at radius 1 is 1.14 bits per heavy atom. The Hall–Kier alpha value is -1.58. The van der Waals surface area contributed by atoms with Gasteiger partial charge in [-0.25, -0.2) is 4.39 Å². The summed E-state index contributed by atoms with van der Waals surface area (Å²) in [6, 6.07) is 12.1. The maximum absolute atomic E-state index is 13.7. The molecule has 0 aromatic heterocycles. The molecule has 4 heteroatoms. The summed E-state index contributed by atoms with van der Waals surface area (Å²) in [7, 11) is 0. The minimum atomic E-state index is -0.371. The van der Waals surface area contributed by atoms with Gasteiger partial charge in [0.25, 0.3) is 0 Å². The molecule has 2 rings (SSSR count). The molecule has 2 aromatic carbocycles. The molecule has 0 bridgehead atoms. The Kier molecular flexibility index (Phi) is 5.81. The molecule has 0 aliphatic heterocycles. The van der Waals surface area contributed by atoms with Crippen molar-refractivity contribution < 1.29 is 14.2 Å². The maximum atomic E-state index is 13.7. The van der Waals surface area contributed by atoms with E-state index in [0.717, 1.165) is 5.56 Å². The van der Waals surface area contributed by atoms with Crippen LogP contribution in [0, 0.1) is 11.7 Å². The zero-order valence-electron chi connectivity index (χ0n) is 12.7. The smallest absolute Gasteiger partial charge is 0.131 e. The minimum absolute atomic E-state index is 0.0818. The molecular formula is C18H20ClFO2. The molecule has 0 saturated heterocycles. The molecular weight excluding hydrogens is 303 g/mol. The number of benzene rings is 2. The standard InChI is InChI=1S/C18H20ClFO2/c1-12(2)15(10-21)13-6-8-14(9-7-13)22-11-16-17(19)4-3-5-18(16)20/h3-9,12,15,21H,10-11H2,1-2H3/t15-/m0/s1. The average molecular weight is 323 g/mol. The second-order valence-electron chi connectivity index (χ2n) is 5.59. The molecule has 1 N–H and O–H groups in total. The molecule has 0 aliphatic carbocycles. The molecule has 0 heterocycles. The first-order chi connectivity index (χ1) is 10.5. The van der Waals surface area contributed by atoms with Crippen molar-refractivity contribution >= 4 is 11.6 Å². The highest BCUT2D eigenvalue weighted by atomic mass is 35.5. The highest BCUT2D eigenvalue weighted by Crippen LogP contribution is 2.26. The predicted octanol–water partition coefficient (Wildman–Crippen LogP) is 4.79. The van der Waals surface area contributed by atoms with Gasteiger partial charge in [0.05, 0.1) is 11.6 Å². The van der Waals surface area contributed by atoms with Crippen molar-refractivity contribution in [1.82, 2.24) is 0 Å². The van der Waals surface area contributed by atoms with E-state index >= 15 is 0 Å². The van der Waals surface area contributed by atoms with Crippen LogP contribution in [0.4, 0.5) is 4.39 Å². The van der Waals surface area contributed by atoms with Gasteiger partial charge in [0.15, 0.2) is 0 Å². The molecule has 118 valence electrons. The summed E-state index contributed by atoms with van der Waals surface area (Å²) in [6.45, 7) is 4.35. The lowest BCUT2D eigenvalue weighted by Crippen LogP contribution is -2.11. The van der Waals surface area contributed by atoms with Crippen LogP contribution in [0.1, 0.15) is 30.9 Å². The second-order valence-corrected chi connectivity index (χ2v) is 6.00. The van der Waals surface area contributed by atoms with Crippen molar-refractivity contribution in [3.8, 4) is 5.75 Å². The van der Waals surface area contributed by atoms with Crippen LogP contribution in [0.15, 0.2) is 42.5 Å². The summed E-state index contributed by atoms with van der Waals surface area (Å²) < 4.78 is 19.3. The lowest BCUT2D eigenvalue weighted by Gasteiger charge is -2.19. The maximum Gasteiger partial charge on any atom is 0.131 e. The molecule has 0 radical (unpaired) electrons. The van der Waals surface area contributed by atoms with Gasteiger partial charge >= 0.3 is 0 Å². The van der Waals surface area contributed by atoms with E-state index in [1.807, 2.05) is 24.3 Å². The van der Waals surface area contributed by atoms with Gasteiger partial charge in [-0.15, -0.1) is 0 Å². The van der Waals surface area contributed by atoms with E-state index in [2.05, 4.69) is 13.8 Å². The number of hydrogen-bond donors (Lipinski definition) is 1. The number of aliphatic hydroxyl groups is 1. The first-order valence-corrected chi connectivity index (χ1v) is 7.67. The van der Waals surface area contributed by atoms with Gasteiger partial charge in [-0.3, -0.25) is 0 Å². The highest BCUT2D eigenvalue weighted by Gasteiger charge is 2.14. The van der Waals surface area contributed by atoms with Crippen molar-refractivity contribution in [3.63, 3.8) is 0 Å². The van der Waals surface area contributed by atoms with Crippen LogP contribution in [0.3, 0.4) is 0 Å². The van der Waals surface area contributed by atoms with E-state index in [9.17, 15) is 9.50 Å². The fraction of sp³-hybridized carbons (Fsp3) is 0.333. The van der Waals surface area contributed by atoms with E-state index in [1.165, 1.54) is 6.07 Å². The summed E-state index contributed by atoms with van der Waals surface area (Å²) in [5, 5.41) is 9.80. The van der Waals surface area contributed by atoms with Crippen LogP contribution in [0.2, 0.25) is 5.02 Å². The third-order valence-corrected chi connectivity index (χ3v) is 4.11. The monoisotopic (exact) mass is 322 g/mol. The fourth-order valence-electron chi connectivity index (χ4n) is 2.34. The number of ether oxygens (including phenoxy) is 1. The van der Waals surface area contributed by atoms with Crippen LogP contribution < -0.4 is 4.74 Å². The Bertz CT molecular complexity index is 591. The van der Waals surface area contributed by atoms with Crippen molar-refractivity contribution in [2.75, 3.05) is 6.61 Å². The average Bonchev–Trinajstić information content (AvgIpc) is 2.48. The van der Waals surface area contributed by atoms with Gasteiger partial charge in [-0.2, -0.15) is 0 Å². The third-order valence-electron chi connectivity index (χ3n) is 3.75. The van der Waals surface area contributed by atoms with Crippen molar-refractivity contribution in [3.05, 3.63) is 64.4 Å². The van der Waals surface area contributed by atoms with Crippen molar-refractivity contribution in [2.45, 2.75) is 26.4 Å². The van der Waals surface area contributed by atoms with Gasteiger partial charge in [-0.05, 0) is 35.7 Å². The van der Waals surface area contributed by atoms with E-state index in [4.69, 9.17) is 16.3 Å². The summed E-state index contributed by atoms with van der Waals surface area (Å²) in [4.78, 5) is 0. The van der Waals surface area contributed by atoms with Crippen LogP contribution >= 0.6 is 11.6 Å². The second kappa shape index (κ2) is 7.61. The van der Waals surface area contributed by atoms with E-state index in [0.29, 0.717) is 22.3 Å². The molecule has 2 aromatic rings. The van der Waals surface area contributed by atoms with Crippen LogP contribution in [0.25, 0.3) is 0 Å². The zero-order valence-corrected chi connectivity index (χ0v) is 13.5. The summed E-state index contributed by atoms with van der Waals surface area (Å²) in [6.07, 6.45) is 0. The molecule has 22 heavy (non-hydrogen) atoms. The van der Waals surface area contributed by atoms with Crippen LogP contribution in [0.5, 0.6) is 5.75 Å². The largest absolute Gasteiger partial charge is 0.489 e. The topological polar surface area (TPSA) is 29.5 Å². The molecule has 0 fully saturated rings. The lowest BCUT2D eigenvalue weighted by atomic mass is 9.89. The predicted molar refractivity (Wildman–Crippen MR) is 86.8 cm³/mol. The SMILES string of the molecule is CC(C)[C@H](CO)c1ccc(OCc2c(F)cccc2Cl)cc1. The number of rotatable bonds is 6. The van der Waals surface area contributed by atoms with Gasteiger partial charge in [-0.1, -0.05) is 43.6 Å². The first kappa shape index (κ1) is 16.8. The fourth-order valence-corrected chi connectivity index (χ4v) is 2.56. The Morgan fingerprint density at radius 3 is 2.36 bits per heavy atom. The summed E-state index contributed by atoms with van der Waals surface area (Å²) in [5.74, 6) is 0.733. The van der Waals surface area contributed by atoms with Crippen molar-refractivity contribution in [1.29, 1.82) is 0 Å². The first-order valence-electron chi connectivity index (χ1n) is 7.29. The Labute approximate surface area is 135 Å². The molecule has 2 nitrogen and oxygen atoms in total. The lowest BCUT2D eigenvalue weighted by molar-refractivity contribution is 0.237. The molecule has 0 spiro atoms. The number of halogens is 2. The minimum Gasteiger partial charge on any atom is -0.489 e. The molecule has 0 amide bonds. The molecule has 0 unspecified atom stereocenters. The number of aliphatic hydroxyl groups excluding tert-OH is 1. The molecule has 0 aliphatic rings. The van der Waals surface area contributed by atoms with Gasteiger partial charge in [0.1, 0.15) is 18.2 Å². The van der Waals surface area contributed by atoms with Crippen LogP contribution in [-0.2, 0) is 6.61 Å². The van der Waals surface area contributed by atoms with Crippen LogP contribution in [-0.4, -0.2) is 11.7 Å². The van der Waals surface area contributed by atoms with E-state index in [1.54, 1.807) is 12.1 Å². The molecule has 0 saturated carbocycles. The van der Waals surface area contributed by atoms with E-state index in [-0.39, 0.29) is 24.9 Å². The van der Waals surface area contributed by atoms with E-state index < -0.39 is 0 Å². The molecule has 1 atom stereocenters. The normalized spacial score (nSPS) is 12.5.